The van der Waals surface area contributed by atoms with Crippen molar-refractivity contribution in [1.82, 2.24) is 10.2 Å². The highest BCUT2D eigenvalue weighted by Crippen LogP contribution is 2.27. The van der Waals surface area contributed by atoms with Crippen molar-refractivity contribution in [3.05, 3.63) is 60.5 Å². The molecule has 2 heterocycles. The smallest absolute Gasteiger partial charge is 0.289 e. The lowest BCUT2D eigenvalue weighted by molar-refractivity contribution is 0.267. The van der Waals surface area contributed by atoms with Gasteiger partial charge in [-0.2, -0.15) is 0 Å². The summed E-state index contributed by atoms with van der Waals surface area (Å²) in [5.74, 6) is 0. The van der Waals surface area contributed by atoms with Gasteiger partial charge in [0.1, 0.15) is 5.51 Å². The van der Waals surface area contributed by atoms with E-state index in [1.54, 1.807) is 18.0 Å². The number of benzene rings is 1. The summed E-state index contributed by atoms with van der Waals surface area (Å²) in [7, 11) is 0. The number of nitrogens with zero attached hydrogens (tertiary/aromatic N) is 3. The van der Waals surface area contributed by atoms with E-state index in [9.17, 15) is 4.79 Å². The van der Waals surface area contributed by atoms with Crippen LogP contribution in [0.1, 0.15) is 0 Å². The van der Waals surface area contributed by atoms with E-state index >= 15 is 0 Å². The highest BCUT2D eigenvalue weighted by atomic mass is 32.1. The number of carbonyl (C=O) groups excluding carboxylic acids is 1. The monoisotopic (exact) mass is 305 g/mol. The molecule has 0 bridgehead atoms. The quantitative estimate of drug-likeness (QED) is 0.727. The Morgan fingerprint density at radius 3 is 2.30 bits per heavy atom. The molecule has 2 aromatic heterocycles. The Labute approximate surface area is 125 Å². The van der Waals surface area contributed by atoms with Crippen molar-refractivity contribution in [2.24, 2.45) is 0 Å². The van der Waals surface area contributed by atoms with Crippen molar-refractivity contribution in [3.8, 4) is 0 Å². The summed E-state index contributed by atoms with van der Waals surface area (Å²) in [6.07, 6.45) is 3.25. The van der Waals surface area contributed by atoms with Gasteiger partial charge < -0.3 is 4.42 Å². The minimum absolute atomic E-state index is 0.377. The van der Waals surface area contributed by atoms with E-state index < -0.39 is 0 Å². The predicted molar refractivity (Wildman–Crippen MR) is 81.6 cm³/mol. The number of carbonyl (C=O) groups is 1. The topological polar surface area (TPSA) is 59.2 Å². The molecule has 0 atom stereocenters. The van der Waals surface area contributed by atoms with Gasteiger partial charge >= 0.3 is 0 Å². The van der Waals surface area contributed by atoms with Crippen molar-refractivity contribution >= 4 is 40.0 Å². The molecule has 3 rings (SSSR count). The van der Waals surface area contributed by atoms with Crippen molar-refractivity contribution in [2.75, 3.05) is 4.90 Å². The van der Waals surface area contributed by atoms with Gasteiger partial charge in [-0.1, -0.05) is 42.2 Å². The first-order valence-electron chi connectivity index (χ1n) is 5.60. The largest absolute Gasteiger partial charge is 0.473 e. The molecule has 1 aromatic carbocycles. The molecule has 0 saturated carbocycles. The van der Waals surface area contributed by atoms with E-state index in [0.717, 1.165) is 5.69 Å². The van der Waals surface area contributed by atoms with Crippen LogP contribution in [0.25, 0.3) is 0 Å². The molecule has 0 saturated heterocycles. The maximum atomic E-state index is 11.4. The maximum absolute atomic E-state index is 11.4. The van der Waals surface area contributed by atoms with Crippen LogP contribution in [0.2, 0.25) is 0 Å². The number of thiol groups is 1. The number of hydrogen-bond donors (Lipinski definition) is 1. The molecule has 0 aliphatic heterocycles. The van der Waals surface area contributed by atoms with E-state index in [0.29, 0.717) is 5.13 Å². The molecule has 0 aliphatic carbocycles. The van der Waals surface area contributed by atoms with Crippen LogP contribution in [-0.4, -0.2) is 15.4 Å². The summed E-state index contributed by atoms with van der Waals surface area (Å²) < 4.78 is 4.58. The van der Waals surface area contributed by atoms with Crippen molar-refractivity contribution < 1.29 is 9.21 Å². The van der Waals surface area contributed by atoms with E-state index in [4.69, 9.17) is 0 Å². The highest BCUT2D eigenvalue weighted by molar-refractivity contribution is 7.97. The first-order chi connectivity index (χ1) is 9.79. The second-order valence-electron chi connectivity index (χ2n) is 3.47. The zero-order valence-electron chi connectivity index (χ0n) is 10.3. The van der Waals surface area contributed by atoms with Crippen LogP contribution >= 0.6 is 24.0 Å². The van der Waals surface area contributed by atoms with Gasteiger partial charge in [-0.3, -0.25) is 4.79 Å². The molecule has 0 N–H and O–H groups in total. The molecule has 0 unspecified atom stereocenters. The molecular formula is C13H11N3O2S2. The lowest BCUT2D eigenvalue weighted by Crippen LogP contribution is -2.19. The van der Waals surface area contributed by atoms with Crippen LogP contribution in [0.3, 0.4) is 0 Å². The number of anilines is 2. The Kier molecular flexibility index (Phi) is 5.33. The SMILES string of the molecule is O=C(S)N(c1ccccc1)c1nncs1.c1ccoc1. The zero-order valence-corrected chi connectivity index (χ0v) is 12.0. The Morgan fingerprint density at radius 2 is 1.85 bits per heavy atom. The fourth-order valence-electron chi connectivity index (χ4n) is 1.37. The molecule has 20 heavy (non-hydrogen) atoms. The second-order valence-corrected chi connectivity index (χ2v) is 4.66. The molecule has 0 fully saturated rings. The molecule has 0 spiro atoms. The summed E-state index contributed by atoms with van der Waals surface area (Å²) in [5, 5.41) is 7.67. The number of para-hydroxylation sites is 1. The summed E-state index contributed by atoms with van der Waals surface area (Å²) in [6, 6.07) is 12.9. The molecule has 0 aliphatic rings. The van der Waals surface area contributed by atoms with E-state index in [-0.39, 0.29) is 5.24 Å². The van der Waals surface area contributed by atoms with E-state index in [1.165, 1.54) is 16.2 Å². The number of rotatable bonds is 2. The van der Waals surface area contributed by atoms with Crippen LogP contribution in [-0.2, 0) is 0 Å². The standard InChI is InChI=1S/C9H7N3OS2.C4H4O/c13-9(14)12(8-11-10-6-15-8)7-4-2-1-3-5-7;1-2-4-5-3-1/h1-6H,(H,13,14);1-4H. The first kappa shape index (κ1) is 14.3. The number of amides is 1. The van der Waals surface area contributed by atoms with Crippen molar-refractivity contribution in [2.45, 2.75) is 0 Å². The minimum atomic E-state index is -0.377. The molecular weight excluding hydrogens is 294 g/mol. The first-order valence-corrected chi connectivity index (χ1v) is 6.93. The molecule has 3 aromatic rings. The fraction of sp³-hybridized carbons (Fsp3) is 0. The summed E-state index contributed by atoms with van der Waals surface area (Å²) >= 11 is 5.10. The van der Waals surface area contributed by atoms with Gasteiger partial charge in [-0.25, -0.2) is 4.90 Å². The third-order valence-corrected chi connectivity index (χ3v) is 3.05. The van der Waals surface area contributed by atoms with Gasteiger partial charge in [0, 0.05) is 0 Å². The average Bonchev–Trinajstić information content (AvgIpc) is 3.16. The van der Waals surface area contributed by atoms with Gasteiger partial charge in [0.2, 0.25) is 5.13 Å². The van der Waals surface area contributed by atoms with Gasteiger partial charge in [-0.15, -0.1) is 10.2 Å². The molecule has 5 nitrogen and oxygen atoms in total. The Bertz CT molecular complexity index is 595. The Balaban J connectivity index is 0.000000247. The normalized spacial score (nSPS) is 9.45. The number of aromatic nitrogens is 2. The third-order valence-electron chi connectivity index (χ3n) is 2.17. The van der Waals surface area contributed by atoms with Crippen LogP contribution in [0.15, 0.2) is 64.9 Å². The lowest BCUT2D eigenvalue weighted by atomic mass is 10.3. The van der Waals surface area contributed by atoms with Crippen LogP contribution in [0.4, 0.5) is 15.6 Å². The number of hydrogen-bond acceptors (Lipinski definition) is 5. The highest BCUT2D eigenvalue weighted by Gasteiger charge is 2.17. The molecule has 102 valence electrons. The van der Waals surface area contributed by atoms with Crippen molar-refractivity contribution in [1.29, 1.82) is 0 Å². The summed E-state index contributed by atoms with van der Waals surface area (Å²) in [5.41, 5.74) is 2.30. The Morgan fingerprint density at radius 1 is 1.15 bits per heavy atom. The lowest BCUT2D eigenvalue weighted by Gasteiger charge is -2.15. The maximum Gasteiger partial charge on any atom is 0.289 e. The molecule has 1 amide bonds. The van der Waals surface area contributed by atoms with Gasteiger partial charge in [-0.05, 0) is 24.3 Å². The second kappa shape index (κ2) is 7.46. The summed E-state index contributed by atoms with van der Waals surface area (Å²) in [4.78, 5) is 12.8. The van der Waals surface area contributed by atoms with E-state index in [1.807, 2.05) is 42.5 Å². The molecule has 7 heteroatoms. The van der Waals surface area contributed by atoms with E-state index in [2.05, 4.69) is 27.2 Å². The predicted octanol–water partition coefficient (Wildman–Crippen LogP) is 4.01. The van der Waals surface area contributed by atoms with Gasteiger partial charge in [0.25, 0.3) is 5.24 Å². The average molecular weight is 305 g/mol. The Hall–Kier alpha value is -2.12. The van der Waals surface area contributed by atoms with Gasteiger partial charge in [0.15, 0.2) is 0 Å². The van der Waals surface area contributed by atoms with Crippen LogP contribution in [0.5, 0.6) is 0 Å². The summed E-state index contributed by atoms with van der Waals surface area (Å²) in [6.45, 7) is 0. The van der Waals surface area contributed by atoms with Crippen molar-refractivity contribution in [3.63, 3.8) is 0 Å². The third kappa shape index (κ3) is 3.94. The zero-order chi connectivity index (χ0) is 14.2. The fourth-order valence-corrected chi connectivity index (χ4v) is 2.23. The van der Waals surface area contributed by atoms with Crippen LogP contribution in [0, 0.1) is 0 Å². The van der Waals surface area contributed by atoms with Gasteiger partial charge in [0.05, 0.1) is 18.2 Å². The number of furan rings is 1. The van der Waals surface area contributed by atoms with Crippen LogP contribution < -0.4 is 4.90 Å². The minimum Gasteiger partial charge on any atom is -0.473 e. The molecule has 0 radical (unpaired) electrons.